The Hall–Kier alpha value is -5.67. The first-order chi connectivity index (χ1) is 18.8. The number of phenols is 1. The molecule has 2 heterocycles. The maximum Gasteiger partial charge on any atom is 0.349 e. The normalized spacial score (nSPS) is 11.2. The van der Waals surface area contributed by atoms with E-state index >= 15 is 4.39 Å². The number of carboxylic acids is 2. The van der Waals surface area contributed by atoms with E-state index in [0.717, 1.165) is 17.8 Å². The van der Waals surface area contributed by atoms with Crippen molar-refractivity contribution in [2.75, 3.05) is 12.4 Å². The average molecular weight is 557 g/mol. The van der Waals surface area contributed by atoms with Crippen LogP contribution in [-0.2, 0) is 4.79 Å². The number of aromatic carboxylic acids is 1. The molecular formula is C24H25FN8O7. The van der Waals surface area contributed by atoms with Crippen molar-refractivity contribution >= 4 is 23.5 Å². The molecule has 0 spiro atoms. The number of carbonyl (C=O) groups is 2. The lowest BCUT2D eigenvalue weighted by Crippen LogP contribution is -2.18. The molecule has 15 nitrogen and oxygen atoms in total. The van der Waals surface area contributed by atoms with Gasteiger partial charge in [-0.05, 0) is 37.3 Å². The molecule has 0 saturated heterocycles. The van der Waals surface area contributed by atoms with Gasteiger partial charge in [-0.15, -0.1) is 5.10 Å². The largest absolute Gasteiger partial charge is 0.505 e. The summed E-state index contributed by atoms with van der Waals surface area (Å²) < 4.78 is 21.3. The molecule has 16 heteroatoms. The van der Waals surface area contributed by atoms with Gasteiger partial charge in [0.25, 0.3) is 5.97 Å². The van der Waals surface area contributed by atoms with Crippen molar-refractivity contribution < 1.29 is 34.0 Å². The maximum atomic E-state index is 15.3. The van der Waals surface area contributed by atoms with Gasteiger partial charge in [-0.2, -0.15) is 9.78 Å². The molecule has 0 fully saturated rings. The number of aromatic nitrogens is 5. The molecule has 40 heavy (non-hydrogen) atoms. The predicted octanol–water partition coefficient (Wildman–Crippen LogP) is 1.72. The van der Waals surface area contributed by atoms with Crippen LogP contribution in [0.2, 0.25) is 0 Å². The van der Waals surface area contributed by atoms with E-state index in [4.69, 9.17) is 25.8 Å². The minimum Gasteiger partial charge on any atom is -0.505 e. The van der Waals surface area contributed by atoms with Crippen LogP contribution < -0.4 is 21.5 Å². The van der Waals surface area contributed by atoms with E-state index in [1.165, 1.54) is 20.1 Å². The van der Waals surface area contributed by atoms with Gasteiger partial charge in [0.05, 0.1) is 13.3 Å². The number of halogens is 1. The number of methoxy groups -OCH3 is 1. The van der Waals surface area contributed by atoms with Gasteiger partial charge in [-0.25, -0.2) is 14.0 Å². The Morgan fingerprint density at radius 2 is 1.88 bits per heavy atom. The van der Waals surface area contributed by atoms with Crippen molar-refractivity contribution in [3.8, 4) is 17.3 Å². The molecule has 4 aromatic rings. The van der Waals surface area contributed by atoms with Crippen LogP contribution in [0.25, 0.3) is 5.82 Å². The highest BCUT2D eigenvalue weighted by Gasteiger charge is 2.28. The second kappa shape index (κ2) is 11.8. The second-order valence-corrected chi connectivity index (χ2v) is 8.21. The summed E-state index contributed by atoms with van der Waals surface area (Å²) in [5.74, 6) is -4.06. The molecule has 2 aromatic heterocycles. The summed E-state index contributed by atoms with van der Waals surface area (Å²) in [6.45, 7) is 2.56. The Morgan fingerprint density at radius 3 is 2.42 bits per heavy atom. The molecule has 1 unspecified atom stereocenters. The van der Waals surface area contributed by atoms with Gasteiger partial charge in [0.15, 0.2) is 23.2 Å². The van der Waals surface area contributed by atoms with E-state index in [-0.39, 0.29) is 39.9 Å². The standard InChI is InChI=1S/C22H21FN8O5.C2H4O2/c1-9-14(36-2)7-12(15(23)17(9)32)16(27-11-5-3-10(4-6-11)18(24)25)19-28-22(35)31(30-19)20-13(21(33)34)8-26-29-20;1-2(3)4/h3-8,16,27,32H,1-2H3,(H3,24,25)(H,26,29)(H,33,34)(H,28,30,35);1H3,(H,3,4). The lowest BCUT2D eigenvalue weighted by Gasteiger charge is -2.21. The highest BCUT2D eigenvalue weighted by Crippen LogP contribution is 2.37. The van der Waals surface area contributed by atoms with Crippen LogP contribution >= 0.6 is 0 Å². The zero-order valence-electron chi connectivity index (χ0n) is 21.3. The van der Waals surface area contributed by atoms with Crippen LogP contribution in [0.15, 0.2) is 41.3 Å². The summed E-state index contributed by atoms with van der Waals surface area (Å²) in [6, 6.07) is 6.46. The van der Waals surface area contributed by atoms with Gasteiger partial charge in [-0.1, -0.05) is 0 Å². The van der Waals surface area contributed by atoms with Gasteiger partial charge < -0.3 is 31.1 Å². The smallest absolute Gasteiger partial charge is 0.349 e. The number of nitrogens with zero attached hydrogens (tertiary/aromatic N) is 3. The molecule has 2 aromatic carbocycles. The molecule has 0 aliphatic rings. The molecule has 0 amide bonds. The first-order valence-corrected chi connectivity index (χ1v) is 11.3. The first kappa shape index (κ1) is 28.9. The van der Waals surface area contributed by atoms with Crippen LogP contribution in [0.5, 0.6) is 11.5 Å². The Balaban J connectivity index is 0.00000103. The molecule has 210 valence electrons. The van der Waals surface area contributed by atoms with E-state index in [1.807, 2.05) is 0 Å². The number of anilines is 1. The van der Waals surface area contributed by atoms with Crippen molar-refractivity contribution in [1.82, 2.24) is 25.0 Å². The number of aliphatic carboxylic acids is 1. The predicted molar refractivity (Wildman–Crippen MR) is 139 cm³/mol. The van der Waals surface area contributed by atoms with E-state index < -0.39 is 35.2 Å². The zero-order valence-corrected chi connectivity index (χ0v) is 21.3. The molecule has 1 atom stereocenters. The minimum absolute atomic E-state index is 0.106. The Bertz CT molecular complexity index is 1620. The number of rotatable bonds is 8. The van der Waals surface area contributed by atoms with E-state index in [9.17, 15) is 19.8 Å². The first-order valence-electron chi connectivity index (χ1n) is 11.3. The van der Waals surface area contributed by atoms with Gasteiger partial charge in [-0.3, -0.25) is 20.3 Å². The summed E-state index contributed by atoms with van der Waals surface area (Å²) in [7, 11) is 1.36. The third-order valence-corrected chi connectivity index (χ3v) is 5.48. The molecule has 0 saturated carbocycles. The third kappa shape index (κ3) is 6.07. The summed E-state index contributed by atoms with van der Waals surface area (Å²) in [5, 5.41) is 48.0. The van der Waals surface area contributed by atoms with Crippen LogP contribution in [0.3, 0.4) is 0 Å². The molecule has 0 radical (unpaired) electrons. The number of aromatic hydroxyl groups is 1. The number of H-pyrrole nitrogens is 2. The lowest BCUT2D eigenvalue weighted by atomic mass is 10.0. The number of hydrogen-bond donors (Lipinski definition) is 8. The van der Waals surface area contributed by atoms with Crippen molar-refractivity contribution in [2.45, 2.75) is 19.9 Å². The Labute approximate surface area is 224 Å². The van der Waals surface area contributed by atoms with Crippen LogP contribution in [0.1, 0.15) is 45.8 Å². The average Bonchev–Trinajstić information content (AvgIpc) is 3.53. The number of ether oxygens (including phenoxy) is 1. The fourth-order valence-corrected chi connectivity index (χ4v) is 3.58. The summed E-state index contributed by atoms with van der Waals surface area (Å²) in [5.41, 5.74) is 5.32. The number of nitrogens with two attached hydrogens (primary N) is 1. The van der Waals surface area contributed by atoms with Crippen LogP contribution in [0.4, 0.5) is 10.1 Å². The highest BCUT2D eigenvalue weighted by molar-refractivity contribution is 5.95. The summed E-state index contributed by atoms with van der Waals surface area (Å²) in [6.07, 6.45) is 1.02. The lowest BCUT2D eigenvalue weighted by molar-refractivity contribution is -0.134. The van der Waals surface area contributed by atoms with Crippen molar-refractivity contribution in [3.05, 3.63) is 80.9 Å². The number of nitrogen functional groups attached to an aromatic ring is 1. The molecule has 4 rings (SSSR count). The molecule has 0 aliphatic carbocycles. The second-order valence-electron chi connectivity index (χ2n) is 8.21. The topological polar surface area (TPSA) is 245 Å². The van der Waals surface area contributed by atoms with E-state index in [0.29, 0.717) is 11.3 Å². The van der Waals surface area contributed by atoms with E-state index in [2.05, 4.69) is 25.6 Å². The number of nitrogens with one attached hydrogen (secondary N) is 4. The van der Waals surface area contributed by atoms with E-state index in [1.54, 1.807) is 24.3 Å². The number of carboxylic acid groups (broad SMARTS) is 2. The number of amidine groups is 1. The molecule has 0 aliphatic heterocycles. The van der Waals surface area contributed by atoms with Crippen molar-refractivity contribution in [3.63, 3.8) is 0 Å². The zero-order chi connectivity index (χ0) is 29.7. The van der Waals surface area contributed by atoms with Gasteiger partial charge >= 0.3 is 11.7 Å². The van der Waals surface area contributed by atoms with Crippen molar-refractivity contribution in [1.29, 1.82) is 5.41 Å². The highest BCUT2D eigenvalue weighted by atomic mass is 19.1. The number of aromatic amines is 2. The van der Waals surface area contributed by atoms with Crippen LogP contribution in [-0.4, -0.2) is 65.2 Å². The number of hydrogen-bond acceptors (Lipinski definition) is 9. The maximum absolute atomic E-state index is 15.3. The molecular weight excluding hydrogens is 531 g/mol. The van der Waals surface area contributed by atoms with Gasteiger partial charge in [0, 0.05) is 29.3 Å². The van der Waals surface area contributed by atoms with Gasteiger partial charge in [0.1, 0.15) is 23.2 Å². The minimum atomic E-state index is -1.34. The fraction of sp³-hybridized carbons (Fsp3) is 0.167. The van der Waals surface area contributed by atoms with Gasteiger partial charge in [0.2, 0.25) is 0 Å². The number of phenolic OH excluding ortho intramolecular Hbond substituents is 1. The fourth-order valence-electron chi connectivity index (χ4n) is 3.58. The molecule has 0 bridgehead atoms. The van der Waals surface area contributed by atoms with Crippen LogP contribution in [0, 0.1) is 18.2 Å². The molecule has 9 N–H and O–H groups in total. The van der Waals surface area contributed by atoms with Crippen molar-refractivity contribution in [2.24, 2.45) is 5.73 Å². The Kier molecular flexibility index (Phi) is 8.53. The third-order valence-electron chi connectivity index (χ3n) is 5.48. The monoisotopic (exact) mass is 556 g/mol. The SMILES string of the molecule is CC(=O)O.COc1cc(C(Nc2ccc(C(=N)N)cc2)c2nn(-c3[nH]ncc3C(=O)O)c(=O)[nH]2)c(F)c(O)c1C. The Morgan fingerprint density at radius 1 is 1.25 bits per heavy atom. The summed E-state index contributed by atoms with van der Waals surface area (Å²) in [4.78, 5) is 35.7. The quantitative estimate of drug-likeness (QED) is 0.115. The number of benzene rings is 2. The summed E-state index contributed by atoms with van der Waals surface area (Å²) >= 11 is 0.